The van der Waals surface area contributed by atoms with Gasteiger partial charge < -0.3 is 5.11 Å². The SMILES string of the molecule is O=C(Cc1cccc(-c2ncc(O)cn2)c1)N1CCC(c2cc(Cl)ccc2Cl)=N1. The molecule has 0 aliphatic carbocycles. The van der Waals surface area contributed by atoms with Crippen LogP contribution in [0.3, 0.4) is 0 Å². The van der Waals surface area contributed by atoms with Gasteiger partial charge in [0, 0.05) is 27.6 Å². The number of carbonyl (C=O) groups excluding carboxylic acids is 1. The van der Waals surface area contributed by atoms with Crippen LogP contribution in [0, 0.1) is 0 Å². The summed E-state index contributed by atoms with van der Waals surface area (Å²) in [6.45, 7) is 0.498. The van der Waals surface area contributed by atoms with E-state index in [0.29, 0.717) is 28.8 Å². The van der Waals surface area contributed by atoms with Gasteiger partial charge in [-0.05, 0) is 29.8 Å². The number of nitrogens with zero attached hydrogens (tertiary/aromatic N) is 4. The first kappa shape index (κ1) is 19.4. The number of aromatic nitrogens is 2. The lowest BCUT2D eigenvalue weighted by molar-refractivity contribution is -0.130. The predicted molar refractivity (Wildman–Crippen MR) is 112 cm³/mol. The first-order chi connectivity index (χ1) is 14.0. The van der Waals surface area contributed by atoms with E-state index in [1.54, 1.807) is 18.2 Å². The fourth-order valence-corrected chi connectivity index (χ4v) is 3.50. The zero-order chi connectivity index (χ0) is 20.4. The topological polar surface area (TPSA) is 78.7 Å². The molecular weight excluding hydrogens is 411 g/mol. The van der Waals surface area contributed by atoms with Crippen molar-refractivity contribution in [2.45, 2.75) is 12.8 Å². The average molecular weight is 427 g/mol. The fraction of sp³-hybridized carbons (Fsp3) is 0.143. The van der Waals surface area contributed by atoms with Crippen molar-refractivity contribution in [3.05, 3.63) is 76.0 Å². The van der Waals surface area contributed by atoms with E-state index in [1.807, 2.05) is 24.3 Å². The lowest BCUT2D eigenvalue weighted by Crippen LogP contribution is -2.25. The zero-order valence-corrected chi connectivity index (χ0v) is 16.7. The summed E-state index contributed by atoms with van der Waals surface area (Å²) in [5.74, 6) is 0.374. The average Bonchev–Trinajstić information content (AvgIpc) is 3.21. The minimum absolute atomic E-state index is 0.00240. The number of hydrogen-bond donors (Lipinski definition) is 1. The van der Waals surface area contributed by atoms with Crippen molar-refractivity contribution in [3.8, 4) is 17.1 Å². The van der Waals surface area contributed by atoms with E-state index in [0.717, 1.165) is 22.4 Å². The molecule has 1 amide bonds. The van der Waals surface area contributed by atoms with Gasteiger partial charge in [-0.2, -0.15) is 5.10 Å². The molecule has 0 spiro atoms. The van der Waals surface area contributed by atoms with Crippen molar-refractivity contribution in [1.82, 2.24) is 15.0 Å². The molecule has 0 saturated heterocycles. The maximum Gasteiger partial charge on any atom is 0.247 e. The molecule has 0 saturated carbocycles. The number of amides is 1. The third kappa shape index (κ3) is 4.39. The van der Waals surface area contributed by atoms with Crippen LogP contribution in [-0.2, 0) is 11.2 Å². The molecule has 1 aromatic heterocycles. The number of benzene rings is 2. The molecule has 0 radical (unpaired) electrons. The second-order valence-electron chi connectivity index (χ2n) is 6.58. The van der Waals surface area contributed by atoms with E-state index in [9.17, 15) is 9.90 Å². The normalized spacial score (nSPS) is 13.4. The highest BCUT2D eigenvalue weighted by Gasteiger charge is 2.23. The quantitative estimate of drug-likeness (QED) is 0.672. The van der Waals surface area contributed by atoms with Gasteiger partial charge >= 0.3 is 0 Å². The van der Waals surface area contributed by atoms with E-state index in [2.05, 4.69) is 15.1 Å². The Morgan fingerprint density at radius 1 is 1.10 bits per heavy atom. The summed E-state index contributed by atoms with van der Waals surface area (Å²) in [5.41, 5.74) is 3.10. The highest BCUT2D eigenvalue weighted by Crippen LogP contribution is 2.25. The van der Waals surface area contributed by atoms with Crippen molar-refractivity contribution < 1.29 is 9.90 Å². The van der Waals surface area contributed by atoms with E-state index in [4.69, 9.17) is 23.2 Å². The molecule has 146 valence electrons. The number of aromatic hydroxyl groups is 1. The van der Waals surface area contributed by atoms with Crippen LogP contribution in [0.2, 0.25) is 10.0 Å². The van der Waals surface area contributed by atoms with Gasteiger partial charge in [0.2, 0.25) is 5.91 Å². The highest BCUT2D eigenvalue weighted by atomic mass is 35.5. The lowest BCUT2D eigenvalue weighted by atomic mass is 10.1. The van der Waals surface area contributed by atoms with Crippen LogP contribution in [0.5, 0.6) is 5.75 Å². The van der Waals surface area contributed by atoms with Crippen molar-refractivity contribution in [3.63, 3.8) is 0 Å². The molecule has 3 aromatic rings. The highest BCUT2D eigenvalue weighted by molar-refractivity contribution is 6.36. The maximum atomic E-state index is 12.7. The van der Waals surface area contributed by atoms with Crippen LogP contribution >= 0.6 is 23.2 Å². The monoisotopic (exact) mass is 426 g/mol. The minimum atomic E-state index is -0.109. The lowest BCUT2D eigenvalue weighted by Gasteiger charge is -2.12. The number of hydrogen-bond acceptors (Lipinski definition) is 5. The van der Waals surface area contributed by atoms with Gasteiger partial charge in [0.25, 0.3) is 0 Å². The molecule has 2 aromatic carbocycles. The minimum Gasteiger partial charge on any atom is -0.505 e. The summed E-state index contributed by atoms with van der Waals surface area (Å²) < 4.78 is 0. The molecular formula is C21H16Cl2N4O2. The summed E-state index contributed by atoms with van der Waals surface area (Å²) in [6, 6.07) is 12.6. The Morgan fingerprint density at radius 2 is 1.90 bits per heavy atom. The Morgan fingerprint density at radius 3 is 2.69 bits per heavy atom. The predicted octanol–water partition coefficient (Wildman–Crippen LogP) is 4.34. The van der Waals surface area contributed by atoms with Gasteiger partial charge in [-0.15, -0.1) is 0 Å². The fourth-order valence-electron chi connectivity index (χ4n) is 3.10. The van der Waals surface area contributed by atoms with Gasteiger partial charge in [0.1, 0.15) is 0 Å². The summed E-state index contributed by atoms with van der Waals surface area (Å²) in [7, 11) is 0. The largest absolute Gasteiger partial charge is 0.505 e. The Labute approximate surface area is 177 Å². The molecule has 2 heterocycles. The third-order valence-electron chi connectivity index (χ3n) is 4.51. The first-order valence-corrected chi connectivity index (χ1v) is 9.69. The molecule has 4 rings (SSSR count). The second kappa shape index (κ2) is 8.19. The summed E-state index contributed by atoms with van der Waals surface area (Å²) in [6.07, 6.45) is 3.49. The number of rotatable bonds is 4. The van der Waals surface area contributed by atoms with Crippen LogP contribution in [-0.4, -0.2) is 38.2 Å². The van der Waals surface area contributed by atoms with Crippen molar-refractivity contribution in [2.24, 2.45) is 5.10 Å². The molecule has 0 bridgehead atoms. The van der Waals surface area contributed by atoms with Gasteiger partial charge in [0.15, 0.2) is 11.6 Å². The third-order valence-corrected chi connectivity index (χ3v) is 5.07. The standard InChI is InChI=1S/C21H16Cl2N4O2/c22-15-4-5-18(23)17(10-15)19-6-7-27(26-19)20(29)9-13-2-1-3-14(8-13)21-24-11-16(28)12-25-21/h1-5,8,10-12,28H,6-7,9H2. The van der Waals surface area contributed by atoms with Crippen molar-refractivity contribution in [2.75, 3.05) is 6.54 Å². The van der Waals surface area contributed by atoms with E-state index in [-0.39, 0.29) is 18.1 Å². The molecule has 0 fully saturated rings. The van der Waals surface area contributed by atoms with Crippen LogP contribution in [0.25, 0.3) is 11.4 Å². The number of hydrazone groups is 1. The van der Waals surface area contributed by atoms with Gasteiger partial charge in [-0.3, -0.25) is 4.79 Å². The van der Waals surface area contributed by atoms with Crippen molar-refractivity contribution >= 4 is 34.8 Å². The zero-order valence-electron chi connectivity index (χ0n) is 15.2. The smallest absolute Gasteiger partial charge is 0.247 e. The van der Waals surface area contributed by atoms with E-state index < -0.39 is 0 Å². The molecule has 0 unspecified atom stereocenters. The molecule has 1 N–H and O–H groups in total. The molecule has 29 heavy (non-hydrogen) atoms. The molecule has 1 aliphatic rings. The summed E-state index contributed by atoms with van der Waals surface area (Å²) >= 11 is 12.3. The van der Waals surface area contributed by atoms with E-state index in [1.165, 1.54) is 17.4 Å². The first-order valence-electron chi connectivity index (χ1n) is 8.93. The van der Waals surface area contributed by atoms with Crippen LogP contribution in [0.1, 0.15) is 17.5 Å². The molecule has 8 heteroatoms. The maximum absolute atomic E-state index is 12.7. The van der Waals surface area contributed by atoms with Gasteiger partial charge in [-0.1, -0.05) is 41.4 Å². The summed E-state index contributed by atoms with van der Waals surface area (Å²) in [4.78, 5) is 20.9. The number of halogens is 2. The second-order valence-corrected chi connectivity index (χ2v) is 7.42. The van der Waals surface area contributed by atoms with Crippen LogP contribution in [0.4, 0.5) is 0 Å². The van der Waals surface area contributed by atoms with Gasteiger partial charge in [0.05, 0.1) is 31.1 Å². The molecule has 1 aliphatic heterocycles. The molecule has 6 nitrogen and oxygen atoms in total. The van der Waals surface area contributed by atoms with E-state index >= 15 is 0 Å². The Balaban J connectivity index is 1.50. The van der Waals surface area contributed by atoms with Gasteiger partial charge in [-0.25, -0.2) is 15.0 Å². The van der Waals surface area contributed by atoms with Crippen LogP contribution in [0.15, 0.2) is 60.0 Å². The van der Waals surface area contributed by atoms with Crippen LogP contribution < -0.4 is 0 Å². The Kier molecular flexibility index (Phi) is 5.47. The Bertz CT molecular complexity index is 1100. The number of carbonyl (C=O) groups is 1. The summed E-state index contributed by atoms with van der Waals surface area (Å²) in [5, 5.41) is 16.4. The molecule has 0 atom stereocenters. The van der Waals surface area contributed by atoms with Crippen molar-refractivity contribution in [1.29, 1.82) is 0 Å². The Hall–Kier alpha value is -2.96.